The van der Waals surface area contributed by atoms with Gasteiger partial charge in [-0.15, -0.1) is 0 Å². The summed E-state index contributed by atoms with van der Waals surface area (Å²) in [5.74, 6) is 0.644. The summed E-state index contributed by atoms with van der Waals surface area (Å²) >= 11 is 0. The highest BCUT2D eigenvalue weighted by molar-refractivity contribution is 5.78. The van der Waals surface area contributed by atoms with Gasteiger partial charge < -0.3 is 20.9 Å². The Morgan fingerprint density at radius 1 is 1.41 bits per heavy atom. The van der Waals surface area contributed by atoms with Crippen LogP contribution < -0.4 is 15.8 Å². The SMILES string of the molecule is CCCOc1ccccc1CNC(=O)[C@H]1CC[C@H](N)[C@@H](O)C1. The van der Waals surface area contributed by atoms with Gasteiger partial charge in [-0.1, -0.05) is 25.1 Å². The minimum Gasteiger partial charge on any atom is -0.493 e. The zero-order valence-electron chi connectivity index (χ0n) is 13.1. The van der Waals surface area contributed by atoms with E-state index in [-0.39, 0.29) is 17.9 Å². The number of aliphatic hydroxyl groups is 1. The molecule has 0 unspecified atom stereocenters. The number of para-hydroxylation sites is 1. The average Bonchev–Trinajstić information content (AvgIpc) is 2.54. The first kappa shape index (κ1) is 16.8. The van der Waals surface area contributed by atoms with Crippen LogP contribution in [0, 0.1) is 5.92 Å². The molecule has 1 saturated carbocycles. The normalized spacial score (nSPS) is 24.8. The second kappa shape index (κ2) is 8.15. The Hall–Kier alpha value is -1.59. The van der Waals surface area contributed by atoms with Crippen LogP contribution >= 0.6 is 0 Å². The number of amides is 1. The fourth-order valence-electron chi connectivity index (χ4n) is 2.74. The van der Waals surface area contributed by atoms with Gasteiger partial charge in [-0.05, 0) is 31.7 Å². The van der Waals surface area contributed by atoms with E-state index in [1.807, 2.05) is 24.3 Å². The molecule has 1 fully saturated rings. The molecule has 0 saturated heterocycles. The molecule has 0 heterocycles. The summed E-state index contributed by atoms with van der Waals surface area (Å²) in [5, 5.41) is 12.7. The van der Waals surface area contributed by atoms with Gasteiger partial charge in [0.1, 0.15) is 5.75 Å². The maximum atomic E-state index is 12.2. The van der Waals surface area contributed by atoms with E-state index in [1.54, 1.807) is 0 Å². The quantitative estimate of drug-likeness (QED) is 0.745. The largest absolute Gasteiger partial charge is 0.493 e. The zero-order chi connectivity index (χ0) is 15.9. The average molecular weight is 306 g/mol. The van der Waals surface area contributed by atoms with Gasteiger partial charge in [-0.3, -0.25) is 4.79 Å². The van der Waals surface area contributed by atoms with Crippen molar-refractivity contribution in [1.82, 2.24) is 5.32 Å². The number of hydrogen-bond acceptors (Lipinski definition) is 4. The molecule has 0 spiro atoms. The molecule has 1 aliphatic carbocycles. The predicted octanol–water partition coefficient (Wildman–Crippen LogP) is 1.58. The topological polar surface area (TPSA) is 84.6 Å². The molecule has 122 valence electrons. The van der Waals surface area contributed by atoms with Crippen molar-refractivity contribution in [2.75, 3.05) is 6.61 Å². The number of benzene rings is 1. The minimum atomic E-state index is -0.579. The molecule has 4 N–H and O–H groups in total. The molecule has 2 rings (SSSR count). The maximum absolute atomic E-state index is 12.2. The third kappa shape index (κ3) is 4.45. The van der Waals surface area contributed by atoms with E-state index >= 15 is 0 Å². The number of carbonyl (C=O) groups is 1. The first-order chi connectivity index (χ1) is 10.6. The number of ether oxygens (including phenoxy) is 1. The summed E-state index contributed by atoms with van der Waals surface area (Å²) in [6, 6.07) is 7.53. The second-order valence-electron chi connectivity index (χ2n) is 5.92. The minimum absolute atomic E-state index is 0.0174. The zero-order valence-corrected chi connectivity index (χ0v) is 13.1. The van der Waals surface area contributed by atoms with E-state index in [0.717, 1.165) is 24.2 Å². The molecule has 5 heteroatoms. The number of aliphatic hydroxyl groups excluding tert-OH is 1. The van der Waals surface area contributed by atoms with Crippen LogP contribution in [0.2, 0.25) is 0 Å². The molecular weight excluding hydrogens is 280 g/mol. The van der Waals surface area contributed by atoms with Crippen LogP contribution in [0.3, 0.4) is 0 Å². The number of rotatable bonds is 6. The van der Waals surface area contributed by atoms with Crippen LogP contribution in [-0.2, 0) is 11.3 Å². The van der Waals surface area contributed by atoms with Gasteiger partial charge >= 0.3 is 0 Å². The molecule has 1 aromatic rings. The van der Waals surface area contributed by atoms with Crippen LogP contribution in [0.5, 0.6) is 5.75 Å². The molecule has 5 nitrogen and oxygen atoms in total. The third-order valence-corrected chi connectivity index (χ3v) is 4.13. The highest BCUT2D eigenvalue weighted by Crippen LogP contribution is 2.24. The number of hydrogen-bond donors (Lipinski definition) is 3. The van der Waals surface area contributed by atoms with Gasteiger partial charge in [0.25, 0.3) is 0 Å². The van der Waals surface area contributed by atoms with Crippen LogP contribution in [0.25, 0.3) is 0 Å². The lowest BCUT2D eigenvalue weighted by atomic mass is 9.84. The Morgan fingerprint density at radius 2 is 2.18 bits per heavy atom. The number of carbonyl (C=O) groups excluding carboxylic acids is 1. The maximum Gasteiger partial charge on any atom is 0.223 e. The van der Waals surface area contributed by atoms with E-state index in [1.165, 1.54) is 0 Å². The highest BCUT2D eigenvalue weighted by atomic mass is 16.5. The van der Waals surface area contributed by atoms with Crippen LogP contribution in [0.15, 0.2) is 24.3 Å². The van der Waals surface area contributed by atoms with Crippen molar-refractivity contribution in [3.8, 4) is 5.75 Å². The molecule has 0 radical (unpaired) electrons. The van der Waals surface area contributed by atoms with Crippen LogP contribution in [-0.4, -0.2) is 29.8 Å². The summed E-state index contributed by atoms with van der Waals surface area (Å²) in [7, 11) is 0. The molecule has 1 aliphatic rings. The predicted molar refractivity (Wildman–Crippen MR) is 85.4 cm³/mol. The fraction of sp³-hybridized carbons (Fsp3) is 0.588. The fourth-order valence-corrected chi connectivity index (χ4v) is 2.74. The first-order valence-electron chi connectivity index (χ1n) is 8.04. The van der Waals surface area contributed by atoms with Crippen molar-refractivity contribution < 1.29 is 14.6 Å². The summed E-state index contributed by atoms with van der Waals surface area (Å²) in [6.07, 6.45) is 2.24. The molecule has 1 amide bonds. The molecule has 3 atom stereocenters. The lowest BCUT2D eigenvalue weighted by molar-refractivity contribution is -0.127. The highest BCUT2D eigenvalue weighted by Gasteiger charge is 2.30. The van der Waals surface area contributed by atoms with E-state index in [2.05, 4.69) is 12.2 Å². The number of nitrogens with two attached hydrogens (primary N) is 1. The van der Waals surface area contributed by atoms with E-state index < -0.39 is 6.10 Å². The van der Waals surface area contributed by atoms with Gasteiger partial charge in [-0.2, -0.15) is 0 Å². The van der Waals surface area contributed by atoms with Gasteiger partial charge in [-0.25, -0.2) is 0 Å². The van der Waals surface area contributed by atoms with E-state index in [9.17, 15) is 9.90 Å². The van der Waals surface area contributed by atoms with Gasteiger partial charge in [0.15, 0.2) is 0 Å². The number of nitrogens with one attached hydrogen (secondary N) is 1. The summed E-state index contributed by atoms with van der Waals surface area (Å²) in [4.78, 5) is 12.2. The lowest BCUT2D eigenvalue weighted by Gasteiger charge is -2.30. The van der Waals surface area contributed by atoms with Gasteiger partial charge in [0, 0.05) is 24.1 Å². The van der Waals surface area contributed by atoms with E-state index in [0.29, 0.717) is 26.0 Å². The van der Waals surface area contributed by atoms with Crippen molar-refractivity contribution in [1.29, 1.82) is 0 Å². The van der Waals surface area contributed by atoms with Crippen molar-refractivity contribution in [3.05, 3.63) is 29.8 Å². The Balaban J connectivity index is 1.88. The third-order valence-electron chi connectivity index (χ3n) is 4.13. The Morgan fingerprint density at radius 3 is 2.91 bits per heavy atom. The Kier molecular flexibility index (Phi) is 6.21. The summed E-state index contributed by atoms with van der Waals surface area (Å²) in [6.45, 7) is 3.17. The Labute approximate surface area is 131 Å². The van der Waals surface area contributed by atoms with Crippen LogP contribution in [0.1, 0.15) is 38.2 Å². The second-order valence-corrected chi connectivity index (χ2v) is 5.92. The molecule has 22 heavy (non-hydrogen) atoms. The molecule has 0 bridgehead atoms. The molecule has 1 aromatic carbocycles. The smallest absolute Gasteiger partial charge is 0.223 e. The summed E-state index contributed by atoms with van der Waals surface area (Å²) in [5.41, 5.74) is 6.74. The first-order valence-corrected chi connectivity index (χ1v) is 8.04. The van der Waals surface area contributed by atoms with Crippen molar-refractivity contribution in [2.45, 2.75) is 51.3 Å². The van der Waals surface area contributed by atoms with Crippen LogP contribution in [0.4, 0.5) is 0 Å². The van der Waals surface area contributed by atoms with Crippen molar-refractivity contribution in [3.63, 3.8) is 0 Å². The lowest BCUT2D eigenvalue weighted by Crippen LogP contribution is -2.44. The van der Waals surface area contributed by atoms with Crippen molar-refractivity contribution >= 4 is 5.91 Å². The molecular formula is C17H26N2O3. The molecule has 0 aliphatic heterocycles. The standard InChI is InChI=1S/C17H26N2O3/c1-2-9-22-16-6-4-3-5-13(16)11-19-17(21)12-7-8-14(18)15(20)10-12/h3-6,12,14-15,20H,2,7-11,18H2,1H3,(H,19,21)/t12-,14-,15-/m0/s1. The van der Waals surface area contributed by atoms with Crippen molar-refractivity contribution in [2.24, 2.45) is 11.7 Å². The van der Waals surface area contributed by atoms with Gasteiger partial charge in [0.05, 0.1) is 12.7 Å². The van der Waals surface area contributed by atoms with E-state index in [4.69, 9.17) is 10.5 Å². The van der Waals surface area contributed by atoms with Gasteiger partial charge in [0.2, 0.25) is 5.91 Å². The Bertz CT molecular complexity index is 493. The monoisotopic (exact) mass is 306 g/mol. The summed E-state index contributed by atoms with van der Waals surface area (Å²) < 4.78 is 5.69. The molecule has 0 aromatic heterocycles.